The smallest absolute Gasteiger partial charge is 0.181 e. The van der Waals surface area contributed by atoms with Crippen LogP contribution in [0.2, 0.25) is 0 Å². The van der Waals surface area contributed by atoms with Crippen LogP contribution in [0.4, 0.5) is 10.1 Å². The van der Waals surface area contributed by atoms with Crippen molar-refractivity contribution in [1.29, 1.82) is 0 Å². The Kier molecular flexibility index (Phi) is 6.60. The highest BCUT2D eigenvalue weighted by Crippen LogP contribution is 2.34. The van der Waals surface area contributed by atoms with Crippen molar-refractivity contribution in [2.45, 2.75) is 6.54 Å². The third-order valence-electron chi connectivity index (χ3n) is 7.73. The lowest BCUT2D eigenvalue weighted by Crippen LogP contribution is -2.44. The fourth-order valence-corrected chi connectivity index (χ4v) is 5.57. The molecule has 1 aromatic carbocycles. The molecule has 2 N–H and O–H groups in total. The van der Waals surface area contributed by atoms with Gasteiger partial charge in [0.25, 0.3) is 0 Å². The van der Waals surface area contributed by atoms with Gasteiger partial charge in [-0.05, 0) is 62.6 Å². The van der Waals surface area contributed by atoms with Gasteiger partial charge < -0.3 is 19.7 Å². The van der Waals surface area contributed by atoms with Crippen molar-refractivity contribution in [1.82, 2.24) is 44.9 Å². The van der Waals surface area contributed by atoms with Gasteiger partial charge in [0.1, 0.15) is 11.5 Å². The Morgan fingerprint density at radius 2 is 1.69 bits per heavy atom. The number of anilines is 1. The summed E-state index contributed by atoms with van der Waals surface area (Å²) in [4.78, 5) is 28.4. The molecule has 212 valence electrons. The Balaban J connectivity index is 1.27. The molecule has 10 nitrogen and oxygen atoms in total. The van der Waals surface area contributed by atoms with Gasteiger partial charge in [0.15, 0.2) is 11.5 Å². The zero-order valence-corrected chi connectivity index (χ0v) is 23.8. The molecule has 1 aliphatic heterocycles. The average Bonchev–Trinajstić information content (AvgIpc) is 3.61. The highest BCUT2D eigenvalue weighted by atomic mass is 19.1. The highest BCUT2D eigenvalue weighted by molar-refractivity contribution is 5.97. The van der Waals surface area contributed by atoms with Crippen molar-refractivity contribution in [3.63, 3.8) is 0 Å². The average molecular weight is 563 g/mol. The third kappa shape index (κ3) is 4.97. The van der Waals surface area contributed by atoms with Crippen molar-refractivity contribution in [2.24, 2.45) is 0 Å². The van der Waals surface area contributed by atoms with Gasteiger partial charge in [-0.1, -0.05) is 0 Å². The molecule has 5 aromatic heterocycles. The number of pyridine rings is 3. The number of benzene rings is 1. The van der Waals surface area contributed by atoms with Crippen LogP contribution in [-0.4, -0.2) is 92.2 Å². The van der Waals surface area contributed by atoms with Crippen LogP contribution in [0.3, 0.4) is 0 Å². The van der Waals surface area contributed by atoms with Gasteiger partial charge in [-0.15, -0.1) is 0 Å². The number of nitrogens with zero attached hydrogens (tertiary/aromatic N) is 8. The maximum Gasteiger partial charge on any atom is 0.181 e. The number of rotatable bonds is 6. The molecule has 0 aliphatic carbocycles. The molecule has 42 heavy (non-hydrogen) atoms. The van der Waals surface area contributed by atoms with Gasteiger partial charge in [0, 0.05) is 79.9 Å². The second-order valence-corrected chi connectivity index (χ2v) is 11.2. The number of likely N-dealkylation sites (N-methyl/N-ethyl adjacent to an activating group) is 1. The van der Waals surface area contributed by atoms with Crippen LogP contribution in [0.1, 0.15) is 5.56 Å². The Morgan fingerprint density at radius 3 is 2.52 bits per heavy atom. The van der Waals surface area contributed by atoms with E-state index in [-0.39, 0.29) is 5.82 Å². The Morgan fingerprint density at radius 1 is 0.881 bits per heavy atom. The van der Waals surface area contributed by atoms with E-state index in [4.69, 9.17) is 4.98 Å². The summed E-state index contributed by atoms with van der Waals surface area (Å²) in [5, 5.41) is 8.37. The second kappa shape index (κ2) is 10.6. The maximum absolute atomic E-state index is 14.9. The lowest BCUT2D eigenvalue weighted by Gasteiger charge is -2.34. The molecule has 0 amide bonds. The van der Waals surface area contributed by atoms with Gasteiger partial charge in [-0.25, -0.2) is 14.4 Å². The molecule has 0 saturated carbocycles. The standard InChI is InChI=1S/C31H31FN10/c1-40(2)18-19-8-21(14-33-13-19)22-11-25-29(38-39-30(25)35-15-22)31-36-27-17-34-16-26(28(27)37-31)20-9-23(32)12-24(10-20)42-6-4-41(3)5-7-42/h8-17H,4-7,18H2,1-3H3,(H,36,37)(H,35,38,39). The van der Waals surface area contributed by atoms with Crippen LogP contribution in [0.15, 0.2) is 61.3 Å². The molecule has 0 unspecified atom stereocenters. The zero-order chi connectivity index (χ0) is 28.8. The molecule has 1 saturated heterocycles. The summed E-state index contributed by atoms with van der Waals surface area (Å²) in [6, 6.07) is 9.36. The molecular weight excluding hydrogens is 531 g/mol. The summed E-state index contributed by atoms with van der Waals surface area (Å²) in [5.41, 5.74) is 8.18. The number of hydrogen-bond acceptors (Lipinski definition) is 8. The van der Waals surface area contributed by atoms with Gasteiger partial charge in [-0.3, -0.25) is 15.1 Å². The predicted octanol–water partition coefficient (Wildman–Crippen LogP) is 4.58. The van der Waals surface area contributed by atoms with E-state index in [1.54, 1.807) is 24.5 Å². The predicted molar refractivity (Wildman–Crippen MR) is 162 cm³/mol. The third-order valence-corrected chi connectivity index (χ3v) is 7.73. The number of imidazole rings is 1. The number of nitrogens with one attached hydrogen (secondary N) is 2. The normalized spacial score (nSPS) is 14.5. The molecule has 11 heteroatoms. The van der Waals surface area contributed by atoms with Gasteiger partial charge in [0.2, 0.25) is 0 Å². The van der Waals surface area contributed by atoms with Gasteiger partial charge in [-0.2, -0.15) is 5.10 Å². The van der Waals surface area contributed by atoms with Crippen LogP contribution >= 0.6 is 0 Å². The van der Waals surface area contributed by atoms with E-state index in [0.717, 1.165) is 82.8 Å². The molecule has 0 radical (unpaired) electrons. The zero-order valence-electron chi connectivity index (χ0n) is 23.8. The van der Waals surface area contributed by atoms with Crippen molar-refractivity contribution in [3.05, 3.63) is 72.7 Å². The first kappa shape index (κ1) is 26.2. The number of aromatic nitrogens is 7. The van der Waals surface area contributed by atoms with E-state index in [0.29, 0.717) is 17.0 Å². The maximum atomic E-state index is 14.9. The molecule has 1 fully saturated rings. The monoisotopic (exact) mass is 562 g/mol. The van der Waals surface area contributed by atoms with Crippen LogP contribution in [-0.2, 0) is 6.54 Å². The van der Waals surface area contributed by atoms with E-state index < -0.39 is 0 Å². The van der Waals surface area contributed by atoms with Crippen LogP contribution in [0.5, 0.6) is 0 Å². The SMILES string of the molecule is CN(C)Cc1cncc(-c2cnc3n[nH]c(-c4nc5c(-c6cc(F)cc(N7CCN(C)CC7)c6)cncc5[nH]4)c3c2)c1. The van der Waals surface area contributed by atoms with Crippen LogP contribution in [0, 0.1) is 5.82 Å². The summed E-state index contributed by atoms with van der Waals surface area (Å²) in [6.45, 7) is 4.39. The first-order valence-corrected chi connectivity index (χ1v) is 13.9. The Bertz CT molecular complexity index is 1900. The van der Waals surface area contributed by atoms with Gasteiger partial charge >= 0.3 is 0 Å². The van der Waals surface area contributed by atoms with Crippen molar-refractivity contribution < 1.29 is 4.39 Å². The quantitative estimate of drug-likeness (QED) is 0.304. The molecule has 6 heterocycles. The second-order valence-electron chi connectivity index (χ2n) is 11.2. The minimum atomic E-state index is -0.281. The first-order valence-electron chi connectivity index (χ1n) is 13.9. The number of fused-ring (bicyclic) bond motifs is 2. The van der Waals surface area contributed by atoms with E-state index in [9.17, 15) is 4.39 Å². The number of piperazine rings is 1. The summed E-state index contributed by atoms with van der Waals surface area (Å²) in [6.07, 6.45) is 9.02. The summed E-state index contributed by atoms with van der Waals surface area (Å²) < 4.78 is 14.9. The minimum absolute atomic E-state index is 0.281. The number of H-pyrrole nitrogens is 2. The van der Waals surface area contributed by atoms with Crippen molar-refractivity contribution >= 4 is 27.8 Å². The van der Waals surface area contributed by atoms with Crippen molar-refractivity contribution in [3.8, 4) is 33.8 Å². The molecule has 0 bridgehead atoms. The lowest BCUT2D eigenvalue weighted by molar-refractivity contribution is 0.313. The number of aromatic amines is 2. The minimum Gasteiger partial charge on any atom is -0.369 e. The van der Waals surface area contributed by atoms with Gasteiger partial charge in [0.05, 0.1) is 22.6 Å². The molecule has 7 rings (SSSR count). The molecular formula is C31H31FN10. The molecule has 0 spiro atoms. The molecule has 0 atom stereocenters. The van der Waals surface area contributed by atoms with E-state index >= 15 is 0 Å². The Hall–Kier alpha value is -4.74. The Labute approximate surface area is 242 Å². The summed E-state index contributed by atoms with van der Waals surface area (Å²) >= 11 is 0. The number of hydrogen-bond donors (Lipinski definition) is 2. The van der Waals surface area contributed by atoms with E-state index in [1.165, 1.54) is 0 Å². The van der Waals surface area contributed by atoms with E-state index in [1.807, 2.05) is 38.8 Å². The number of halogens is 1. The topological polar surface area (TPSA) is 106 Å². The van der Waals surface area contributed by atoms with Crippen LogP contribution in [0.25, 0.3) is 55.8 Å². The van der Waals surface area contributed by atoms with E-state index in [2.05, 4.69) is 64.0 Å². The summed E-state index contributed by atoms with van der Waals surface area (Å²) in [5.74, 6) is 0.326. The molecule has 1 aliphatic rings. The fraction of sp³-hybridized carbons (Fsp3) is 0.258. The first-order chi connectivity index (χ1) is 20.4. The fourth-order valence-electron chi connectivity index (χ4n) is 5.57. The highest BCUT2D eigenvalue weighted by Gasteiger charge is 2.19. The lowest BCUT2D eigenvalue weighted by atomic mass is 10.0. The molecule has 6 aromatic rings. The largest absolute Gasteiger partial charge is 0.369 e. The summed E-state index contributed by atoms with van der Waals surface area (Å²) in [7, 11) is 6.18. The van der Waals surface area contributed by atoms with Crippen LogP contribution < -0.4 is 4.90 Å². The van der Waals surface area contributed by atoms with Crippen molar-refractivity contribution in [2.75, 3.05) is 52.2 Å².